The van der Waals surface area contributed by atoms with Crippen LogP contribution in [0.2, 0.25) is 0 Å². The highest BCUT2D eigenvalue weighted by Gasteiger charge is 2.78. The fourth-order valence-electron chi connectivity index (χ4n) is 9.17. The summed E-state index contributed by atoms with van der Waals surface area (Å²) in [4.78, 5) is 4.91. The Morgan fingerprint density at radius 2 is 1.07 bits per heavy atom. The molecular formula is C54H53N4O+. The van der Waals surface area contributed by atoms with Crippen LogP contribution in [0, 0.1) is 6.67 Å². The second kappa shape index (κ2) is 12.7. The summed E-state index contributed by atoms with van der Waals surface area (Å²) in [5.41, 5.74) is 13.4. The molecule has 5 nitrogen and oxygen atoms in total. The Hall–Kier alpha value is -6.01. The van der Waals surface area contributed by atoms with Gasteiger partial charge in [0, 0.05) is 59.4 Å². The number of pyridine rings is 1. The molecule has 0 saturated carbocycles. The minimum absolute atomic E-state index is 0.00563. The van der Waals surface area contributed by atoms with Gasteiger partial charge in [-0.3, -0.25) is 4.57 Å². The number of quaternary nitrogens is 2. The van der Waals surface area contributed by atoms with Crippen molar-refractivity contribution in [2.45, 2.75) is 78.6 Å². The normalized spacial score (nSPS) is 18.7. The number of aromatic nitrogens is 2. The topological polar surface area (TPSA) is 27.1 Å². The lowest BCUT2D eigenvalue weighted by Crippen LogP contribution is -2.46. The van der Waals surface area contributed by atoms with Crippen molar-refractivity contribution in [1.29, 1.82) is 0 Å². The predicted molar refractivity (Wildman–Crippen MR) is 247 cm³/mol. The van der Waals surface area contributed by atoms with Gasteiger partial charge in [-0.25, -0.2) is 4.98 Å². The van der Waals surface area contributed by atoms with Crippen molar-refractivity contribution < 1.29 is 4.74 Å². The summed E-state index contributed by atoms with van der Waals surface area (Å²) in [6, 6.07) is 53.3. The molecule has 0 aliphatic carbocycles. The number of hydrogen-bond acceptors (Lipinski definition) is 2. The van der Waals surface area contributed by atoms with Crippen LogP contribution in [-0.2, 0) is 16.2 Å². The van der Waals surface area contributed by atoms with Crippen molar-refractivity contribution in [2.24, 2.45) is 0 Å². The molecule has 1 fully saturated rings. The molecule has 2 aromatic heterocycles. The first-order valence-corrected chi connectivity index (χ1v) is 20.9. The molecule has 1 saturated heterocycles. The van der Waals surface area contributed by atoms with Gasteiger partial charge in [-0.2, -0.15) is 9.18 Å². The number of ether oxygens (including phenoxy) is 1. The van der Waals surface area contributed by atoms with Gasteiger partial charge in [0.05, 0.1) is 11.0 Å². The summed E-state index contributed by atoms with van der Waals surface area (Å²) in [6.07, 6.45) is 1.93. The van der Waals surface area contributed by atoms with E-state index in [1.807, 2.05) is 6.20 Å². The van der Waals surface area contributed by atoms with Gasteiger partial charge in [-0.1, -0.05) is 129 Å². The number of benzene rings is 6. The van der Waals surface area contributed by atoms with E-state index in [-0.39, 0.29) is 16.2 Å². The number of nitrogens with zero attached hydrogens (tertiary/aromatic N) is 4. The van der Waals surface area contributed by atoms with Crippen LogP contribution in [0.5, 0.6) is 11.5 Å². The van der Waals surface area contributed by atoms with Crippen molar-refractivity contribution in [2.75, 3.05) is 0 Å². The number of hydrogen-bond donors (Lipinski definition) is 0. The number of para-hydroxylation sites is 3. The van der Waals surface area contributed by atoms with E-state index in [0.29, 0.717) is 9.18 Å². The SMILES string of the molecule is CC(C)(C)c1cc(Oc2ccc3c4ccccc4n(-c4cc(C(C)(C)C)ccn4)c3c2)cc([N+]23[CH-][N@+]2(c2cc(-c4ccccc4)cc(C(C)(C)C)c2)c2ccccc23)c1. The molecule has 4 heterocycles. The average molecular weight is 774 g/mol. The molecular weight excluding hydrogens is 721 g/mol. The van der Waals surface area contributed by atoms with Crippen molar-refractivity contribution in [3.05, 3.63) is 175 Å². The van der Waals surface area contributed by atoms with Gasteiger partial charge in [0.1, 0.15) is 17.3 Å². The third kappa shape index (κ3) is 5.78. The molecule has 0 amide bonds. The molecule has 59 heavy (non-hydrogen) atoms. The lowest BCUT2D eigenvalue weighted by atomic mass is 9.84. The lowest BCUT2D eigenvalue weighted by Gasteiger charge is -2.40. The van der Waals surface area contributed by atoms with Gasteiger partial charge in [0.15, 0.2) is 18.0 Å². The highest BCUT2D eigenvalue weighted by Crippen LogP contribution is 2.75. The Balaban J connectivity index is 1.12. The van der Waals surface area contributed by atoms with Gasteiger partial charge in [-0.15, -0.1) is 0 Å². The van der Waals surface area contributed by atoms with Crippen LogP contribution in [0.4, 0.5) is 22.7 Å². The standard InChI is InChI=1S/C54H53N4O/c1-52(2,3)38-25-26-55-51(32-38)56-47-20-14-13-19-45(47)46-24-23-43(34-48(46)56)59-44-31-40(54(7,8)9)30-42(33-44)58-35-57(58,49-21-15-16-22-50(49)58)41-28-37(36-17-11-10-12-18-36)27-39(29-41)53(4,5)6/h10-35H,1-9H3/q+1/t57-,58?/m0/s1. The summed E-state index contributed by atoms with van der Waals surface area (Å²) >= 11 is 0. The fraction of sp³-hybridized carbons (Fsp3) is 0.222. The second-order valence-electron chi connectivity index (χ2n) is 19.6. The zero-order chi connectivity index (χ0) is 41.1. The molecule has 0 radical (unpaired) electrons. The van der Waals surface area contributed by atoms with Crippen LogP contribution >= 0.6 is 0 Å². The number of rotatable bonds is 6. The zero-order valence-electron chi connectivity index (χ0n) is 35.7. The molecule has 0 bridgehead atoms. The second-order valence-corrected chi connectivity index (χ2v) is 19.6. The van der Waals surface area contributed by atoms with Crippen molar-refractivity contribution in [3.63, 3.8) is 0 Å². The summed E-state index contributed by atoms with van der Waals surface area (Å²) in [7, 11) is 0. The van der Waals surface area contributed by atoms with E-state index < -0.39 is 0 Å². The molecule has 294 valence electrons. The molecule has 10 rings (SSSR count). The Morgan fingerprint density at radius 1 is 0.475 bits per heavy atom. The van der Waals surface area contributed by atoms with Crippen LogP contribution in [0.25, 0.3) is 38.8 Å². The van der Waals surface area contributed by atoms with Gasteiger partial charge in [-0.05, 0) is 80.5 Å². The Labute approximate surface area is 348 Å². The van der Waals surface area contributed by atoms with Gasteiger partial charge >= 0.3 is 0 Å². The molecule has 5 heteroatoms. The molecule has 2 aliphatic heterocycles. The summed E-state index contributed by atoms with van der Waals surface area (Å²) in [6.45, 7) is 23.0. The summed E-state index contributed by atoms with van der Waals surface area (Å²) < 4.78 is 10.5. The molecule has 0 N–H and O–H groups in total. The van der Waals surface area contributed by atoms with Crippen molar-refractivity contribution >= 4 is 44.6 Å². The van der Waals surface area contributed by atoms with E-state index in [9.17, 15) is 0 Å². The first-order valence-electron chi connectivity index (χ1n) is 20.9. The molecule has 8 aromatic rings. The maximum absolute atomic E-state index is 7.01. The van der Waals surface area contributed by atoms with Crippen LogP contribution < -0.4 is 13.9 Å². The summed E-state index contributed by atoms with van der Waals surface area (Å²) in [5, 5.41) is 2.36. The smallest absolute Gasteiger partial charge is 0.225 e. The monoisotopic (exact) mass is 773 g/mol. The number of fused-ring (bicyclic) bond motifs is 7. The average Bonchev–Trinajstić information content (AvgIpc) is 3.71. The van der Waals surface area contributed by atoms with Gasteiger partial charge < -0.3 is 4.74 Å². The van der Waals surface area contributed by atoms with Crippen LogP contribution in [-0.4, -0.2) is 9.55 Å². The molecule has 1 unspecified atom stereocenters. The third-order valence-corrected chi connectivity index (χ3v) is 12.6. The lowest BCUT2D eigenvalue weighted by molar-refractivity contribution is 0.421. The van der Waals surface area contributed by atoms with Crippen molar-refractivity contribution in [1.82, 2.24) is 18.7 Å². The van der Waals surface area contributed by atoms with E-state index in [4.69, 9.17) is 9.72 Å². The minimum Gasteiger partial charge on any atom is -0.457 e. The van der Waals surface area contributed by atoms with E-state index in [0.717, 1.165) is 28.4 Å². The van der Waals surface area contributed by atoms with E-state index >= 15 is 0 Å². The Morgan fingerprint density at radius 3 is 1.75 bits per heavy atom. The first-order chi connectivity index (χ1) is 28.1. The maximum atomic E-state index is 7.01. The zero-order valence-corrected chi connectivity index (χ0v) is 35.7. The van der Waals surface area contributed by atoms with Crippen LogP contribution in [0.3, 0.4) is 0 Å². The maximum Gasteiger partial charge on any atom is 0.225 e. The quantitative estimate of drug-likeness (QED) is 0.0956. The van der Waals surface area contributed by atoms with Crippen LogP contribution in [0.15, 0.2) is 152 Å². The molecule has 0 spiro atoms. The third-order valence-electron chi connectivity index (χ3n) is 12.6. The Bertz CT molecular complexity index is 2960. The highest BCUT2D eigenvalue weighted by molar-refractivity contribution is 6.09. The molecule has 6 aromatic carbocycles. The Kier molecular flexibility index (Phi) is 8.05. The van der Waals surface area contributed by atoms with E-state index in [2.05, 4.69) is 219 Å². The highest BCUT2D eigenvalue weighted by atomic mass is 16.5. The van der Waals surface area contributed by atoms with E-state index in [1.165, 1.54) is 61.3 Å². The van der Waals surface area contributed by atoms with Crippen LogP contribution in [0.1, 0.15) is 79.0 Å². The minimum atomic E-state index is -0.116. The van der Waals surface area contributed by atoms with Gasteiger partial charge in [0.25, 0.3) is 0 Å². The summed E-state index contributed by atoms with van der Waals surface area (Å²) in [5.74, 6) is 2.52. The fourth-order valence-corrected chi connectivity index (χ4v) is 9.17. The van der Waals surface area contributed by atoms with Crippen molar-refractivity contribution in [3.8, 4) is 28.4 Å². The first kappa shape index (κ1) is 37.3. The molecule has 2 atom stereocenters. The molecule has 2 aliphatic rings. The predicted octanol–water partition coefficient (Wildman–Crippen LogP) is 14.9. The van der Waals surface area contributed by atoms with E-state index in [1.54, 1.807) is 0 Å². The largest absolute Gasteiger partial charge is 0.457 e. The van der Waals surface area contributed by atoms with Gasteiger partial charge in [0.2, 0.25) is 11.4 Å².